The molecule has 0 aliphatic carbocycles. The molecule has 42 heavy (non-hydrogen) atoms. The van der Waals surface area contributed by atoms with Gasteiger partial charge in [-0.1, -0.05) is 90.5 Å². The predicted molar refractivity (Wildman–Crippen MR) is 137 cm³/mol. The summed E-state index contributed by atoms with van der Waals surface area (Å²) in [7, 11) is -7.05. The van der Waals surface area contributed by atoms with Crippen LogP contribution in [-0.4, -0.2) is 42.8 Å². The lowest BCUT2D eigenvalue weighted by atomic mass is 9.88. The van der Waals surface area contributed by atoms with Crippen LogP contribution >= 0.6 is 11.6 Å². The largest absolute Gasteiger partial charge is 0.480 e. The number of ether oxygens (including phenoxy) is 1. The summed E-state index contributed by atoms with van der Waals surface area (Å²) in [6.07, 6.45) is -1.98. The van der Waals surface area contributed by atoms with Crippen LogP contribution in [0.1, 0.15) is 33.0 Å². The molecular formula is C28H19ClF8O4S. The van der Waals surface area contributed by atoms with Crippen LogP contribution in [0.25, 0.3) is 5.76 Å². The van der Waals surface area contributed by atoms with Crippen molar-refractivity contribution < 1.29 is 53.1 Å². The fourth-order valence-corrected chi connectivity index (χ4v) is 6.22. The number of alkyl halides is 9. The minimum absolute atomic E-state index is 0.0870. The van der Waals surface area contributed by atoms with E-state index in [0.717, 1.165) is 12.1 Å². The molecule has 0 unspecified atom stereocenters. The average molecular weight is 639 g/mol. The third kappa shape index (κ3) is 4.96. The van der Waals surface area contributed by atoms with Crippen molar-refractivity contribution in [2.75, 3.05) is 0 Å². The second-order valence-corrected chi connectivity index (χ2v) is 11.8. The Hall–Kier alpha value is -3.45. The van der Waals surface area contributed by atoms with Crippen molar-refractivity contribution in [3.63, 3.8) is 0 Å². The van der Waals surface area contributed by atoms with Crippen molar-refractivity contribution in [2.45, 2.75) is 41.4 Å². The standard InChI is InChI=1S/C28H19ClF8O4S/c1-16-12-14-17(15-13-16)20-23(21(38)18-8-4-2-5-9-18)41-22(19-10-6-3-7-11-19)24(20)42(39,40)28(36,37)26(32,33)25(30,31)27(29,34)35/h2-15,20,23H,1H3/t20-,23+/m1/s1. The minimum Gasteiger partial charge on any atom is -0.480 e. The molecule has 0 amide bonds. The first-order valence-corrected chi connectivity index (χ1v) is 13.8. The van der Waals surface area contributed by atoms with E-state index in [1.54, 1.807) is 6.92 Å². The summed E-state index contributed by atoms with van der Waals surface area (Å²) < 4.78 is 147. The van der Waals surface area contributed by atoms with E-state index >= 15 is 8.78 Å². The number of carbonyl (C=O) groups excluding carboxylic acids is 1. The molecule has 1 aliphatic rings. The van der Waals surface area contributed by atoms with Crippen LogP contribution in [-0.2, 0) is 14.6 Å². The smallest absolute Gasteiger partial charge is 0.417 e. The monoisotopic (exact) mass is 638 g/mol. The van der Waals surface area contributed by atoms with E-state index in [0.29, 0.717) is 5.56 Å². The zero-order valence-corrected chi connectivity index (χ0v) is 22.8. The van der Waals surface area contributed by atoms with E-state index in [1.807, 2.05) is 0 Å². The molecule has 0 saturated heterocycles. The summed E-state index contributed by atoms with van der Waals surface area (Å²) in [6, 6.07) is 18.4. The predicted octanol–water partition coefficient (Wildman–Crippen LogP) is 7.84. The second kappa shape index (κ2) is 10.7. The molecular weight excluding hydrogens is 620 g/mol. The maximum atomic E-state index is 15.4. The van der Waals surface area contributed by atoms with Gasteiger partial charge in [-0.05, 0) is 24.1 Å². The lowest BCUT2D eigenvalue weighted by molar-refractivity contribution is -0.326. The summed E-state index contributed by atoms with van der Waals surface area (Å²) in [4.78, 5) is 11.9. The first-order chi connectivity index (χ1) is 19.4. The number of hydrogen-bond donors (Lipinski definition) is 0. The molecule has 0 saturated carbocycles. The van der Waals surface area contributed by atoms with Crippen molar-refractivity contribution in [1.29, 1.82) is 0 Å². The van der Waals surface area contributed by atoms with E-state index in [9.17, 15) is 39.6 Å². The van der Waals surface area contributed by atoms with Crippen molar-refractivity contribution in [1.82, 2.24) is 0 Å². The molecule has 1 heterocycles. The van der Waals surface area contributed by atoms with E-state index in [-0.39, 0.29) is 16.7 Å². The van der Waals surface area contributed by atoms with Crippen LogP contribution in [0, 0.1) is 6.92 Å². The summed E-state index contributed by atoms with van der Waals surface area (Å²) in [5.74, 6) is -18.4. The molecule has 224 valence electrons. The van der Waals surface area contributed by atoms with E-state index in [1.165, 1.54) is 72.8 Å². The zero-order chi connectivity index (χ0) is 31.3. The Labute approximate surface area is 239 Å². The SMILES string of the molecule is Cc1ccc([C@H]2C(S(=O)(=O)C(F)(F)C(F)(F)C(F)(F)C(F)(F)Cl)=C(c3ccccc3)O[C@@H]2C(=O)c2ccccc2)cc1. The highest BCUT2D eigenvalue weighted by molar-refractivity contribution is 7.96. The van der Waals surface area contributed by atoms with Crippen LogP contribution in [0.4, 0.5) is 35.1 Å². The first-order valence-electron chi connectivity index (χ1n) is 11.9. The Morgan fingerprint density at radius 2 is 1.26 bits per heavy atom. The van der Waals surface area contributed by atoms with Gasteiger partial charge in [0.05, 0.1) is 5.92 Å². The molecule has 0 bridgehead atoms. The van der Waals surface area contributed by atoms with Crippen LogP contribution in [0.2, 0.25) is 0 Å². The number of carbonyl (C=O) groups is 1. The summed E-state index contributed by atoms with van der Waals surface area (Å²) in [5.41, 5.74) is -0.00441. The second-order valence-electron chi connectivity index (χ2n) is 9.38. The van der Waals surface area contributed by atoms with Crippen LogP contribution < -0.4 is 0 Å². The number of benzene rings is 3. The zero-order valence-electron chi connectivity index (χ0n) is 21.2. The van der Waals surface area contributed by atoms with Gasteiger partial charge in [0, 0.05) is 11.1 Å². The lowest BCUT2D eigenvalue weighted by Gasteiger charge is -2.34. The number of sulfone groups is 1. The number of hydrogen-bond acceptors (Lipinski definition) is 4. The number of rotatable bonds is 9. The number of ketones is 1. The third-order valence-electron chi connectivity index (χ3n) is 6.59. The molecule has 3 aromatic rings. The van der Waals surface area contributed by atoms with Crippen LogP contribution in [0.15, 0.2) is 89.8 Å². The molecule has 0 N–H and O–H groups in total. The molecule has 4 nitrogen and oxygen atoms in total. The van der Waals surface area contributed by atoms with Gasteiger partial charge in [-0.15, -0.1) is 0 Å². The molecule has 4 rings (SSSR count). The minimum atomic E-state index is -7.24. The normalized spacial score (nSPS) is 18.6. The van der Waals surface area contributed by atoms with E-state index in [4.69, 9.17) is 4.74 Å². The maximum absolute atomic E-state index is 15.4. The Kier molecular flexibility index (Phi) is 8.00. The maximum Gasteiger partial charge on any atom is 0.417 e. The molecule has 0 fully saturated rings. The lowest BCUT2D eigenvalue weighted by Crippen LogP contribution is -2.63. The van der Waals surface area contributed by atoms with Crippen LogP contribution in [0.3, 0.4) is 0 Å². The van der Waals surface area contributed by atoms with Crippen molar-refractivity contribution in [2.24, 2.45) is 0 Å². The fraction of sp³-hybridized carbons (Fsp3) is 0.250. The Bertz CT molecular complexity index is 1610. The highest BCUT2D eigenvalue weighted by Crippen LogP contribution is 2.59. The van der Waals surface area contributed by atoms with Gasteiger partial charge >= 0.3 is 22.5 Å². The highest BCUT2D eigenvalue weighted by Gasteiger charge is 2.85. The molecule has 0 radical (unpaired) electrons. The van der Waals surface area contributed by atoms with E-state index in [2.05, 4.69) is 11.6 Å². The highest BCUT2D eigenvalue weighted by atomic mass is 35.5. The molecule has 14 heteroatoms. The van der Waals surface area contributed by atoms with Gasteiger partial charge in [0.15, 0.2) is 6.10 Å². The summed E-state index contributed by atoms with van der Waals surface area (Å²) in [6.45, 7) is 1.60. The number of halogens is 9. The Balaban J connectivity index is 2.04. The van der Waals surface area contributed by atoms with Gasteiger partial charge in [-0.2, -0.15) is 35.1 Å². The first kappa shape index (κ1) is 31.5. The molecule has 0 spiro atoms. The van der Waals surface area contributed by atoms with Gasteiger partial charge in [0.1, 0.15) is 10.7 Å². The van der Waals surface area contributed by atoms with Gasteiger partial charge in [0.25, 0.3) is 9.84 Å². The number of Topliss-reactive ketones (excluding diaryl/α,β-unsaturated/α-hetero) is 1. The quantitative estimate of drug-likeness (QED) is 0.136. The van der Waals surface area contributed by atoms with Crippen molar-refractivity contribution in [3.8, 4) is 0 Å². The molecule has 0 aromatic heterocycles. The topological polar surface area (TPSA) is 60.4 Å². The number of aryl methyl sites for hydroxylation is 1. The fourth-order valence-electron chi connectivity index (χ4n) is 4.36. The van der Waals surface area contributed by atoms with Crippen molar-refractivity contribution >= 4 is 33.0 Å². The van der Waals surface area contributed by atoms with Crippen molar-refractivity contribution in [3.05, 3.63) is 112 Å². The molecule has 1 aliphatic heterocycles. The molecule has 3 aromatic carbocycles. The van der Waals surface area contributed by atoms with E-state index < -0.39 is 60.8 Å². The molecule has 2 atom stereocenters. The third-order valence-corrected chi connectivity index (χ3v) is 8.77. The summed E-state index contributed by atoms with van der Waals surface area (Å²) >= 11 is 4.05. The average Bonchev–Trinajstić information content (AvgIpc) is 3.34. The van der Waals surface area contributed by atoms with Gasteiger partial charge < -0.3 is 4.74 Å². The Morgan fingerprint density at radius 1 is 0.762 bits per heavy atom. The van der Waals surface area contributed by atoms with Gasteiger partial charge in [0.2, 0.25) is 5.78 Å². The van der Waals surface area contributed by atoms with Gasteiger partial charge in [-0.3, -0.25) is 4.79 Å². The Morgan fingerprint density at radius 3 is 1.76 bits per heavy atom. The van der Waals surface area contributed by atoms with Crippen LogP contribution in [0.5, 0.6) is 0 Å². The van der Waals surface area contributed by atoms with Gasteiger partial charge in [-0.25, -0.2) is 8.42 Å². The summed E-state index contributed by atoms with van der Waals surface area (Å²) in [5, 5.41) is -13.2.